The van der Waals surface area contributed by atoms with Gasteiger partial charge in [0.05, 0.1) is 10.3 Å². The van der Waals surface area contributed by atoms with E-state index in [1.54, 1.807) is 6.92 Å². The number of nitrogens with one attached hydrogen (secondary N) is 2. The number of aromatic nitrogens is 2. The van der Waals surface area contributed by atoms with Crippen molar-refractivity contribution in [3.05, 3.63) is 26.6 Å². The maximum atomic E-state index is 12.5. The number of carbonyl (C=O) groups excluding carboxylic acids is 1. The lowest BCUT2D eigenvalue weighted by Crippen LogP contribution is -2.37. The van der Waals surface area contributed by atoms with Crippen LogP contribution in [0, 0.1) is 19.8 Å². The number of hydrogen-bond donors (Lipinski definition) is 2. The average Bonchev–Trinajstić information content (AvgIpc) is 2.78. The van der Waals surface area contributed by atoms with Crippen molar-refractivity contribution in [3.8, 4) is 0 Å². The maximum Gasteiger partial charge on any atom is 0.261 e. The minimum atomic E-state index is -0.165. The van der Waals surface area contributed by atoms with Crippen LogP contribution in [0.2, 0.25) is 0 Å². The Kier molecular flexibility index (Phi) is 4.04. The summed E-state index contributed by atoms with van der Waals surface area (Å²) in [6, 6.07) is 0.251. The van der Waals surface area contributed by atoms with Gasteiger partial charge in [0.15, 0.2) is 0 Å². The van der Waals surface area contributed by atoms with E-state index in [1.165, 1.54) is 11.3 Å². The highest BCUT2D eigenvalue weighted by Crippen LogP contribution is 2.28. The summed E-state index contributed by atoms with van der Waals surface area (Å²) in [5.41, 5.74) is 0.567. The highest BCUT2D eigenvalue weighted by Gasteiger charge is 2.23. The van der Waals surface area contributed by atoms with E-state index in [1.807, 2.05) is 6.92 Å². The first-order valence-electron chi connectivity index (χ1n) is 7.76. The zero-order valence-electron chi connectivity index (χ0n) is 13.2. The summed E-state index contributed by atoms with van der Waals surface area (Å²) in [5.74, 6) is 1.26. The molecular formula is C16H21N3O2S. The van der Waals surface area contributed by atoms with Crippen molar-refractivity contribution in [2.24, 2.45) is 5.92 Å². The van der Waals surface area contributed by atoms with Gasteiger partial charge in [-0.1, -0.05) is 6.92 Å². The predicted molar refractivity (Wildman–Crippen MR) is 88.6 cm³/mol. The number of H-pyrrole nitrogens is 1. The molecule has 0 aliphatic heterocycles. The van der Waals surface area contributed by atoms with Gasteiger partial charge in [0, 0.05) is 6.04 Å². The molecule has 0 unspecified atom stereocenters. The fraction of sp³-hybridized carbons (Fsp3) is 0.562. The van der Waals surface area contributed by atoms with Crippen LogP contribution in [-0.4, -0.2) is 21.9 Å². The van der Waals surface area contributed by atoms with Crippen molar-refractivity contribution in [2.75, 3.05) is 0 Å². The fourth-order valence-electron chi connectivity index (χ4n) is 3.12. The lowest BCUT2D eigenvalue weighted by atomic mass is 9.87. The first-order chi connectivity index (χ1) is 10.5. The second kappa shape index (κ2) is 5.83. The monoisotopic (exact) mass is 319 g/mol. The molecule has 1 amide bonds. The molecule has 118 valence electrons. The topological polar surface area (TPSA) is 74.8 Å². The van der Waals surface area contributed by atoms with Crippen LogP contribution in [0.3, 0.4) is 0 Å². The Hall–Kier alpha value is -1.69. The molecule has 2 heterocycles. The normalized spacial score (nSPS) is 22.0. The molecule has 1 aliphatic rings. The molecule has 2 aromatic rings. The van der Waals surface area contributed by atoms with Gasteiger partial charge in [0.25, 0.3) is 11.5 Å². The zero-order valence-corrected chi connectivity index (χ0v) is 14.0. The van der Waals surface area contributed by atoms with Gasteiger partial charge < -0.3 is 10.3 Å². The van der Waals surface area contributed by atoms with E-state index in [-0.39, 0.29) is 17.5 Å². The fourth-order valence-corrected chi connectivity index (χ4v) is 4.25. The Balaban J connectivity index is 1.87. The minimum absolute atomic E-state index is 0.0721. The van der Waals surface area contributed by atoms with Crippen LogP contribution in [0.1, 0.15) is 53.7 Å². The number of thiophene rings is 1. The zero-order chi connectivity index (χ0) is 15.9. The van der Waals surface area contributed by atoms with Crippen molar-refractivity contribution in [2.45, 2.75) is 52.5 Å². The lowest BCUT2D eigenvalue weighted by Gasteiger charge is -2.26. The number of aryl methyl sites for hydroxylation is 2. The Morgan fingerprint density at radius 2 is 1.95 bits per heavy atom. The second-order valence-corrected chi connectivity index (χ2v) is 7.32. The third-order valence-electron chi connectivity index (χ3n) is 4.48. The highest BCUT2D eigenvalue weighted by molar-refractivity contribution is 7.20. The number of amides is 1. The molecule has 1 saturated carbocycles. The molecule has 5 nitrogen and oxygen atoms in total. The molecular weight excluding hydrogens is 298 g/mol. The van der Waals surface area contributed by atoms with Crippen molar-refractivity contribution >= 4 is 27.5 Å². The molecule has 0 radical (unpaired) electrons. The molecule has 1 fully saturated rings. The predicted octanol–water partition coefficient (Wildman–Crippen LogP) is 2.91. The third kappa shape index (κ3) is 2.79. The molecule has 1 aliphatic carbocycles. The number of nitrogens with zero attached hydrogens (tertiary/aromatic N) is 1. The van der Waals surface area contributed by atoms with Gasteiger partial charge in [-0.2, -0.15) is 0 Å². The molecule has 2 aromatic heterocycles. The third-order valence-corrected chi connectivity index (χ3v) is 5.66. The Morgan fingerprint density at radius 1 is 1.27 bits per heavy atom. The summed E-state index contributed by atoms with van der Waals surface area (Å²) in [4.78, 5) is 32.9. The first kappa shape index (κ1) is 15.2. The molecule has 22 heavy (non-hydrogen) atoms. The largest absolute Gasteiger partial charge is 0.349 e. The summed E-state index contributed by atoms with van der Waals surface area (Å²) in [6.07, 6.45) is 4.40. The number of fused-ring (bicyclic) bond motifs is 1. The van der Waals surface area contributed by atoms with Crippen LogP contribution in [0.15, 0.2) is 4.79 Å². The molecule has 2 N–H and O–H groups in total. The van der Waals surface area contributed by atoms with E-state index >= 15 is 0 Å². The molecule has 0 bridgehead atoms. The van der Waals surface area contributed by atoms with Gasteiger partial charge in [-0.3, -0.25) is 9.59 Å². The van der Waals surface area contributed by atoms with Gasteiger partial charge in [0.2, 0.25) is 0 Å². The molecule has 0 atom stereocenters. The average molecular weight is 319 g/mol. The first-order valence-corrected chi connectivity index (χ1v) is 8.58. The molecule has 3 rings (SSSR count). The van der Waals surface area contributed by atoms with Crippen LogP contribution >= 0.6 is 11.3 Å². The van der Waals surface area contributed by atoms with E-state index in [9.17, 15) is 9.59 Å². The van der Waals surface area contributed by atoms with E-state index < -0.39 is 0 Å². The van der Waals surface area contributed by atoms with Crippen molar-refractivity contribution in [1.29, 1.82) is 0 Å². The number of rotatable bonds is 2. The lowest BCUT2D eigenvalue weighted by molar-refractivity contribution is 0.0926. The van der Waals surface area contributed by atoms with Gasteiger partial charge in [-0.25, -0.2) is 4.98 Å². The summed E-state index contributed by atoms with van der Waals surface area (Å²) in [6.45, 7) is 5.83. The SMILES string of the molecule is Cc1nc2sc(C(=O)NC3CCC(C)CC3)c(C)c2c(=O)[nH]1. The Bertz CT molecular complexity index is 770. The van der Waals surface area contributed by atoms with Gasteiger partial charge in [0.1, 0.15) is 10.7 Å². The molecule has 6 heteroatoms. The molecule has 0 saturated heterocycles. The van der Waals surface area contributed by atoms with Gasteiger partial charge >= 0.3 is 0 Å². The maximum absolute atomic E-state index is 12.5. The van der Waals surface area contributed by atoms with Crippen LogP contribution < -0.4 is 10.9 Å². The summed E-state index contributed by atoms with van der Waals surface area (Å²) in [5, 5.41) is 3.66. The minimum Gasteiger partial charge on any atom is -0.349 e. The number of aromatic amines is 1. The van der Waals surface area contributed by atoms with Crippen LogP contribution in [0.4, 0.5) is 0 Å². The smallest absolute Gasteiger partial charge is 0.261 e. The summed E-state index contributed by atoms with van der Waals surface area (Å²) < 4.78 is 0. The number of hydrogen-bond acceptors (Lipinski definition) is 4. The Labute approximate surface area is 133 Å². The van der Waals surface area contributed by atoms with Gasteiger partial charge in [-0.15, -0.1) is 11.3 Å². The number of carbonyl (C=O) groups is 1. The van der Waals surface area contributed by atoms with Crippen LogP contribution in [-0.2, 0) is 0 Å². The van der Waals surface area contributed by atoms with E-state index in [0.29, 0.717) is 20.9 Å². The molecule has 0 spiro atoms. The highest BCUT2D eigenvalue weighted by atomic mass is 32.1. The van der Waals surface area contributed by atoms with E-state index in [0.717, 1.165) is 37.2 Å². The van der Waals surface area contributed by atoms with Gasteiger partial charge in [-0.05, 0) is 51.0 Å². The van der Waals surface area contributed by atoms with E-state index in [2.05, 4.69) is 22.2 Å². The van der Waals surface area contributed by atoms with Crippen molar-refractivity contribution in [1.82, 2.24) is 15.3 Å². The van der Waals surface area contributed by atoms with E-state index in [4.69, 9.17) is 0 Å². The summed E-state index contributed by atoms with van der Waals surface area (Å²) in [7, 11) is 0. The standard InChI is InChI=1S/C16H21N3O2S/c1-8-4-6-11(7-5-8)19-15(21)13-9(2)12-14(20)17-10(3)18-16(12)22-13/h8,11H,4-7H2,1-3H3,(H,19,21)(H,17,18,20). The molecule has 0 aromatic carbocycles. The van der Waals surface area contributed by atoms with Crippen LogP contribution in [0.5, 0.6) is 0 Å². The second-order valence-electron chi connectivity index (χ2n) is 6.32. The van der Waals surface area contributed by atoms with Crippen molar-refractivity contribution in [3.63, 3.8) is 0 Å². The Morgan fingerprint density at radius 3 is 2.64 bits per heavy atom. The summed E-state index contributed by atoms with van der Waals surface area (Å²) >= 11 is 1.31. The quantitative estimate of drug-likeness (QED) is 0.893. The van der Waals surface area contributed by atoms with Crippen LogP contribution in [0.25, 0.3) is 10.2 Å². The van der Waals surface area contributed by atoms with Crippen molar-refractivity contribution < 1.29 is 4.79 Å².